The lowest BCUT2D eigenvalue weighted by Gasteiger charge is -2.09. The smallest absolute Gasteiger partial charge is 0.292 e. The molecule has 144 valence electrons. The van der Waals surface area contributed by atoms with Crippen molar-refractivity contribution < 1.29 is 9.59 Å². The number of anilines is 2. The Morgan fingerprint density at radius 3 is 2.38 bits per heavy atom. The molecule has 0 spiro atoms. The average Bonchev–Trinajstić information content (AvgIpc) is 3.12. The van der Waals surface area contributed by atoms with Gasteiger partial charge in [0.05, 0.1) is 5.52 Å². The number of aryl methyl sites for hydroxylation is 1. The molecule has 0 bridgehead atoms. The van der Waals surface area contributed by atoms with Gasteiger partial charge in [0.1, 0.15) is 0 Å². The molecule has 0 aliphatic heterocycles. The molecule has 2 aromatic carbocycles. The Balaban J connectivity index is 1.69. The van der Waals surface area contributed by atoms with Crippen molar-refractivity contribution in [1.82, 2.24) is 9.38 Å². The molecule has 0 fully saturated rings. The van der Waals surface area contributed by atoms with Crippen molar-refractivity contribution in [2.24, 2.45) is 0 Å². The molecular formula is C23H20N4O2. The molecule has 4 rings (SSSR count). The van der Waals surface area contributed by atoms with Crippen LogP contribution in [0.25, 0.3) is 5.52 Å². The Labute approximate surface area is 168 Å². The zero-order valence-electron chi connectivity index (χ0n) is 16.1. The summed E-state index contributed by atoms with van der Waals surface area (Å²) in [7, 11) is 0. The van der Waals surface area contributed by atoms with Crippen molar-refractivity contribution in [2.75, 3.05) is 10.6 Å². The summed E-state index contributed by atoms with van der Waals surface area (Å²) in [4.78, 5) is 30.1. The molecule has 0 saturated carbocycles. The van der Waals surface area contributed by atoms with E-state index in [9.17, 15) is 9.59 Å². The summed E-state index contributed by atoms with van der Waals surface area (Å²) in [6.07, 6.45) is 1.72. The van der Waals surface area contributed by atoms with E-state index in [4.69, 9.17) is 0 Å². The number of carbonyl (C=O) groups excluding carboxylic acids is 2. The summed E-state index contributed by atoms with van der Waals surface area (Å²) in [6, 6.07) is 20.2. The monoisotopic (exact) mass is 384 g/mol. The van der Waals surface area contributed by atoms with Crippen molar-refractivity contribution in [2.45, 2.75) is 13.8 Å². The molecule has 4 aromatic rings. The number of carbonyl (C=O) groups is 2. The first-order valence-electron chi connectivity index (χ1n) is 9.25. The van der Waals surface area contributed by atoms with Gasteiger partial charge < -0.3 is 10.6 Å². The van der Waals surface area contributed by atoms with E-state index < -0.39 is 0 Å². The van der Waals surface area contributed by atoms with Gasteiger partial charge in [0.25, 0.3) is 11.8 Å². The summed E-state index contributed by atoms with van der Waals surface area (Å²) in [5, 5.41) is 5.73. The van der Waals surface area contributed by atoms with Gasteiger partial charge in [-0.25, -0.2) is 4.98 Å². The van der Waals surface area contributed by atoms with Crippen molar-refractivity contribution in [1.29, 1.82) is 0 Å². The number of benzene rings is 2. The van der Waals surface area contributed by atoms with Crippen LogP contribution in [0.2, 0.25) is 0 Å². The van der Waals surface area contributed by atoms with Crippen molar-refractivity contribution in [3.05, 3.63) is 95.6 Å². The largest absolute Gasteiger partial charge is 0.321 e. The first-order valence-corrected chi connectivity index (χ1v) is 9.25. The number of imidazole rings is 1. The van der Waals surface area contributed by atoms with Gasteiger partial charge in [-0.3, -0.25) is 14.0 Å². The highest BCUT2D eigenvalue weighted by atomic mass is 16.2. The van der Waals surface area contributed by atoms with Gasteiger partial charge in [-0.1, -0.05) is 36.4 Å². The lowest BCUT2D eigenvalue weighted by molar-refractivity contribution is 0.101. The number of para-hydroxylation sites is 1. The number of nitrogens with one attached hydrogen (secondary N) is 2. The first-order chi connectivity index (χ1) is 14.0. The third-order valence-electron chi connectivity index (χ3n) is 4.85. The molecule has 6 nitrogen and oxygen atoms in total. The highest BCUT2D eigenvalue weighted by Crippen LogP contribution is 2.20. The second kappa shape index (κ2) is 7.59. The van der Waals surface area contributed by atoms with Crippen molar-refractivity contribution in [3.8, 4) is 0 Å². The SMILES string of the molecule is Cc1cccc(NC(=O)c2nc(C(=O)Nc3ccccc3)c3ccccn23)c1C. The normalized spacial score (nSPS) is 10.7. The second-order valence-corrected chi connectivity index (χ2v) is 6.76. The van der Waals surface area contributed by atoms with Crippen LogP contribution >= 0.6 is 0 Å². The number of nitrogens with zero attached hydrogens (tertiary/aromatic N) is 2. The fourth-order valence-electron chi connectivity index (χ4n) is 3.14. The van der Waals surface area contributed by atoms with E-state index in [1.54, 1.807) is 34.9 Å². The van der Waals surface area contributed by atoms with Crippen LogP contribution in [-0.4, -0.2) is 21.2 Å². The predicted molar refractivity (Wildman–Crippen MR) is 113 cm³/mol. The summed E-state index contributed by atoms with van der Waals surface area (Å²) in [5.41, 5.74) is 4.21. The van der Waals surface area contributed by atoms with E-state index >= 15 is 0 Å². The summed E-state index contributed by atoms with van der Waals surface area (Å²) < 4.78 is 1.63. The number of hydrogen-bond acceptors (Lipinski definition) is 3. The van der Waals surface area contributed by atoms with Gasteiger partial charge in [-0.05, 0) is 55.3 Å². The van der Waals surface area contributed by atoms with Crippen LogP contribution in [0.1, 0.15) is 32.2 Å². The molecule has 0 atom stereocenters. The molecule has 0 aliphatic carbocycles. The molecule has 0 aliphatic rings. The third-order valence-corrected chi connectivity index (χ3v) is 4.85. The highest BCUT2D eigenvalue weighted by molar-refractivity contribution is 6.10. The zero-order valence-corrected chi connectivity index (χ0v) is 16.1. The maximum Gasteiger partial charge on any atom is 0.292 e. The summed E-state index contributed by atoms with van der Waals surface area (Å²) in [5.74, 6) is -0.593. The molecule has 29 heavy (non-hydrogen) atoms. The number of rotatable bonds is 4. The lowest BCUT2D eigenvalue weighted by atomic mass is 10.1. The van der Waals surface area contributed by atoms with Crippen molar-refractivity contribution >= 4 is 28.7 Å². The molecule has 6 heteroatoms. The van der Waals surface area contributed by atoms with Gasteiger partial charge >= 0.3 is 0 Å². The van der Waals surface area contributed by atoms with E-state index in [1.165, 1.54) is 0 Å². The molecule has 2 amide bonds. The Kier molecular flexibility index (Phi) is 4.83. The highest BCUT2D eigenvalue weighted by Gasteiger charge is 2.22. The maximum atomic E-state index is 13.0. The molecule has 0 saturated heterocycles. The Morgan fingerprint density at radius 1 is 0.828 bits per heavy atom. The van der Waals surface area contributed by atoms with Crippen molar-refractivity contribution in [3.63, 3.8) is 0 Å². The molecule has 0 unspecified atom stereocenters. The Bertz CT molecular complexity index is 1210. The Hall–Kier alpha value is -3.93. The number of hydrogen-bond donors (Lipinski definition) is 2. The lowest BCUT2D eigenvalue weighted by Crippen LogP contribution is -2.17. The first kappa shape index (κ1) is 18.4. The minimum Gasteiger partial charge on any atom is -0.321 e. The Morgan fingerprint density at radius 2 is 1.59 bits per heavy atom. The number of aromatic nitrogens is 2. The second-order valence-electron chi connectivity index (χ2n) is 6.76. The minimum atomic E-state index is -0.376. The standard InChI is InChI=1S/C23H20N4O2/c1-15-9-8-12-18(16(15)2)25-23(29)21-26-20(19-13-6-7-14-27(19)21)22(28)24-17-10-4-3-5-11-17/h3-14H,1-2H3,(H,24,28)(H,25,29). The van der Waals surface area contributed by atoms with Crippen LogP contribution in [0.5, 0.6) is 0 Å². The van der Waals surface area contributed by atoms with Gasteiger partial charge in [-0.2, -0.15) is 0 Å². The van der Waals surface area contributed by atoms with Crippen LogP contribution < -0.4 is 10.6 Å². The van der Waals surface area contributed by atoms with Crippen LogP contribution in [0, 0.1) is 13.8 Å². The van der Waals surface area contributed by atoms with Gasteiger partial charge in [0.15, 0.2) is 5.69 Å². The van der Waals surface area contributed by atoms with Crippen LogP contribution in [0.4, 0.5) is 11.4 Å². The topological polar surface area (TPSA) is 75.5 Å². The molecule has 2 N–H and O–H groups in total. The fourth-order valence-corrected chi connectivity index (χ4v) is 3.14. The summed E-state index contributed by atoms with van der Waals surface area (Å²) in [6.45, 7) is 3.94. The minimum absolute atomic E-state index is 0.153. The van der Waals surface area contributed by atoms with E-state index in [2.05, 4.69) is 15.6 Å². The molecule has 0 radical (unpaired) electrons. The van der Waals surface area contributed by atoms with E-state index in [0.29, 0.717) is 11.2 Å². The van der Waals surface area contributed by atoms with Gasteiger partial charge in [0, 0.05) is 17.6 Å². The van der Waals surface area contributed by atoms with Crippen LogP contribution in [0.3, 0.4) is 0 Å². The van der Waals surface area contributed by atoms with E-state index in [1.807, 2.05) is 56.3 Å². The number of amides is 2. The molecule has 2 aromatic heterocycles. The van der Waals surface area contributed by atoms with E-state index in [0.717, 1.165) is 16.8 Å². The molecular weight excluding hydrogens is 364 g/mol. The van der Waals surface area contributed by atoms with Crippen LogP contribution in [-0.2, 0) is 0 Å². The van der Waals surface area contributed by atoms with E-state index in [-0.39, 0.29) is 23.3 Å². The van der Waals surface area contributed by atoms with Gasteiger partial charge in [-0.15, -0.1) is 0 Å². The predicted octanol–water partition coefficient (Wildman–Crippen LogP) is 4.46. The quantitative estimate of drug-likeness (QED) is 0.546. The van der Waals surface area contributed by atoms with Gasteiger partial charge in [0.2, 0.25) is 5.82 Å². The number of pyridine rings is 1. The summed E-state index contributed by atoms with van der Waals surface area (Å²) >= 11 is 0. The van der Waals surface area contributed by atoms with Crippen LogP contribution in [0.15, 0.2) is 72.9 Å². The fraction of sp³-hybridized carbons (Fsp3) is 0.0870. The molecule has 2 heterocycles. The third kappa shape index (κ3) is 3.60. The average molecular weight is 384 g/mol. The maximum absolute atomic E-state index is 13.0. The number of fused-ring (bicyclic) bond motifs is 1. The zero-order chi connectivity index (χ0) is 20.4.